The van der Waals surface area contributed by atoms with E-state index in [0.29, 0.717) is 11.1 Å². The molecule has 1 aromatic rings. The first-order chi connectivity index (χ1) is 7.00. The van der Waals surface area contributed by atoms with Crippen molar-refractivity contribution in [2.24, 2.45) is 0 Å². The van der Waals surface area contributed by atoms with Crippen LogP contribution < -0.4 is 5.32 Å². The Morgan fingerprint density at radius 1 is 1.40 bits per heavy atom. The molecule has 0 aliphatic carbocycles. The number of phenolic OH excluding ortho intramolecular Hbond substituents is 1. The quantitative estimate of drug-likeness (QED) is 0.677. The van der Waals surface area contributed by atoms with Crippen LogP contribution >= 0.6 is 0 Å². The number of nitrogens with one attached hydrogen (secondary N) is 1. The summed E-state index contributed by atoms with van der Waals surface area (Å²) in [7, 11) is 0. The van der Waals surface area contributed by atoms with Crippen molar-refractivity contribution in [2.75, 3.05) is 6.54 Å². The van der Waals surface area contributed by atoms with Gasteiger partial charge < -0.3 is 15.5 Å². The molecule has 0 aliphatic rings. The van der Waals surface area contributed by atoms with Crippen molar-refractivity contribution in [3.05, 3.63) is 29.3 Å². The van der Waals surface area contributed by atoms with E-state index >= 15 is 0 Å². The Morgan fingerprint density at radius 3 is 2.60 bits per heavy atom. The summed E-state index contributed by atoms with van der Waals surface area (Å²) in [4.78, 5) is 21.6. The Labute approximate surface area is 86.4 Å². The molecule has 0 spiro atoms. The van der Waals surface area contributed by atoms with Crippen LogP contribution in [0.2, 0.25) is 0 Å². The molecule has 0 aliphatic heterocycles. The topological polar surface area (TPSA) is 86.6 Å². The highest BCUT2D eigenvalue weighted by molar-refractivity contribution is 5.96. The monoisotopic (exact) mass is 209 g/mol. The second-order valence-electron chi connectivity index (χ2n) is 3.08. The maximum atomic E-state index is 11.4. The largest absolute Gasteiger partial charge is 0.508 e. The zero-order chi connectivity index (χ0) is 11.4. The predicted molar refractivity (Wildman–Crippen MR) is 52.8 cm³/mol. The van der Waals surface area contributed by atoms with Gasteiger partial charge in [0.2, 0.25) is 0 Å². The Hall–Kier alpha value is -2.04. The molecule has 0 saturated carbocycles. The number of carboxylic acid groups (broad SMARTS) is 1. The second kappa shape index (κ2) is 4.45. The molecule has 5 nitrogen and oxygen atoms in total. The number of carbonyl (C=O) groups excluding carboxylic acids is 1. The Balaban J connectivity index is 2.74. The highest BCUT2D eigenvalue weighted by atomic mass is 16.4. The zero-order valence-electron chi connectivity index (χ0n) is 8.15. The molecule has 80 valence electrons. The Morgan fingerprint density at radius 2 is 2.07 bits per heavy atom. The van der Waals surface area contributed by atoms with Crippen molar-refractivity contribution < 1.29 is 19.8 Å². The lowest BCUT2D eigenvalue weighted by Gasteiger charge is -2.04. The normalized spacial score (nSPS) is 9.67. The Bertz CT molecular complexity index is 400. The number of aromatic hydroxyl groups is 1. The van der Waals surface area contributed by atoms with Gasteiger partial charge in [-0.05, 0) is 30.7 Å². The third-order valence-electron chi connectivity index (χ3n) is 1.86. The first-order valence-corrected chi connectivity index (χ1v) is 4.30. The average molecular weight is 209 g/mol. The van der Waals surface area contributed by atoms with Gasteiger partial charge in [-0.3, -0.25) is 9.59 Å². The van der Waals surface area contributed by atoms with Gasteiger partial charge in [-0.2, -0.15) is 0 Å². The van der Waals surface area contributed by atoms with Gasteiger partial charge in [0.25, 0.3) is 5.91 Å². The summed E-state index contributed by atoms with van der Waals surface area (Å²) < 4.78 is 0. The number of hydrogen-bond donors (Lipinski definition) is 3. The summed E-state index contributed by atoms with van der Waals surface area (Å²) >= 11 is 0. The van der Waals surface area contributed by atoms with Crippen molar-refractivity contribution >= 4 is 11.9 Å². The molecule has 0 fully saturated rings. The molecule has 3 N–H and O–H groups in total. The molecule has 1 aromatic carbocycles. The first-order valence-electron chi connectivity index (χ1n) is 4.30. The van der Waals surface area contributed by atoms with Crippen LogP contribution in [0.1, 0.15) is 15.9 Å². The minimum atomic E-state index is -1.10. The molecule has 0 aromatic heterocycles. The van der Waals surface area contributed by atoms with Gasteiger partial charge in [0.1, 0.15) is 12.3 Å². The third-order valence-corrected chi connectivity index (χ3v) is 1.86. The minimum absolute atomic E-state index is 0.102. The first kappa shape index (κ1) is 11.0. The summed E-state index contributed by atoms with van der Waals surface area (Å²) in [6.07, 6.45) is 0. The van der Waals surface area contributed by atoms with Gasteiger partial charge in [-0.15, -0.1) is 0 Å². The van der Waals surface area contributed by atoms with Crippen molar-refractivity contribution in [3.63, 3.8) is 0 Å². The molecular formula is C10H11NO4. The van der Waals surface area contributed by atoms with Crippen LogP contribution in [0.25, 0.3) is 0 Å². The van der Waals surface area contributed by atoms with E-state index in [2.05, 4.69) is 5.32 Å². The highest BCUT2D eigenvalue weighted by Gasteiger charge is 2.08. The van der Waals surface area contributed by atoms with Gasteiger partial charge in [-0.1, -0.05) is 0 Å². The maximum absolute atomic E-state index is 11.4. The number of aliphatic carboxylic acids is 1. The number of carbonyl (C=O) groups is 2. The number of phenols is 1. The molecule has 0 heterocycles. The highest BCUT2D eigenvalue weighted by Crippen LogP contribution is 2.16. The number of carboxylic acids is 1. The van der Waals surface area contributed by atoms with Crippen molar-refractivity contribution in [2.45, 2.75) is 6.92 Å². The SMILES string of the molecule is Cc1cc(C(=O)NCC(=O)O)ccc1O. The van der Waals surface area contributed by atoms with Crippen LogP contribution in [0.15, 0.2) is 18.2 Å². The summed E-state index contributed by atoms with van der Waals surface area (Å²) in [5.74, 6) is -1.47. The standard InChI is InChI=1S/C10H11NO4/c1-6-4-7(2-3-8(6)12)10(15)11-5-9(13)14/h2-4,12H,5H2,1H3,(H,11,15)(H,13,14). The fraction of sp³-hybridized carbons (Fsp3) is 0.200. The fourth-order valence-corrected chi connectivity index (χ4v) is 1.05. The smallest absolute Gasteiger partial charge is 0.322 e. The summed E-state index contributed by atoms with van der Waals surface area (Å²) in [6.45, 7) is 1.24. The van der Waals surface area contributed by atoms with Gasteiger partial charge >= 0.3 is 5.97 Å². The maximum Gasteiger partial charge on any atom is 0.322 e. The van der Waals surface area contributed by atoms with E-state index in [-0.39, 0.29) is 5.75 Å². The van der Waals surface area contributed by atoms with Crippen LogP contribution in [0.3, 0.4) is 0 Å². The lowest BCUT2D eigenvalue weighted by atomic mass is 10.1. The van der Waals surface area contributed by atoms with E-state index < -0.39 is 18.4 Å². The van der Waals surface area contributed by atoms with E-state index in [0.717, 1.165) is 0 Å². The van der Waals surface area contributed by atoms with E-state index in [1.807, 2.05) is 0 Å². The number of rotatable bonds is 3. The molecule has 0 atom stereocenters. The molecule has 1 amide bonds. The zero-order valence-corrected chi connectivity index (χ0v) is 8.15. The number of aryl methyl sites for hydroxylation is 1. The molecule has 0 unspecified atom stereocenters. The van der Waals surface area contributed by atoms with Crippen LogP contribution in [0.5, 0.6) is 5.75 Å². The number of hydrogen-bond acceptors (Lipinski definition) is 3. The molecule has 15 heavy (non-hydrogen) atoms. The van der Waals surface area contributed by atoms with E-state index in [9.17, 15) is 14.7 Å². The molecule has 0 saturated heterocycles. The van der Waals surface area contributed by atoms with Crippen molar-refractivity contribution in [1.29, 1.82) is 0 Å². The Kier molecular flexibility index (Phi) is 3.28. The second-order valence-corrected chi connectivity index (χ2v) is 3.08. The van der Waals surface area contributed by atoms with Crippen molar-refractivity contribution in [1.82, 2.24) is 5.32 Å². The average Bonchev–Trinajstić information content (AvgIpc) is 2.18. The predicted octanol–water partition coefficient (Wildman–Crippen LogP) is 0.515. The van der Waals surface area contributed by atoms with E-state index in [1.165, 1.54) is 18.2 Å². The van der Waals surface area contributed by atoms with E-state index in [1.54, 1.807) is 6.92 Å². The molecular weight excluding hydrogens is 198 g/mol. The fourth-order valence-electron chi connectivity index (χ4n) is 1.05. The number of benzene rings is 1. The minimum Gasteiger partial charge on any atom is -0.508 e. The van der Waals surface area contributed by atoms with Gasteiger partial charge in [0.05, 0.1) is 0 Å². The molecule has 1 rings (SSSR count). The lowest BCUT2D eigenvalue weighted by molar-refractivity contribution is -0.135. The third kappa shape index (κ3) is 2.98. The lowest BCUT2D eigenvalue weighted by Crippen LogP contribution is -2.29. The van der Waals surface area contributed by atoms with Crippen LogP contribution in [0.4, 0.5) is 0 Å². The van der Waals surface area contributed by atoms with Gasteiger partial charge in [0, 0.05) is 5.56 Å². The molecule has 0 bridgehead atoms. The van der Waals surface area contributed by atoms with Crippen LogP contribution in [-0.2, 0) is 4.79 Å². The summed E-state index contributed by atoms with van der Waals surface area (Å²) in [5.41, 5.74) is 0.893. The summed E-state index contributed by atoms with van der Waals surface area (Å²) in [6, 6.07) is 4.32. The van der Waals surface area contributed by atoms with Gasteiger partial charge in [0.15, 0.2) is 0 Å². The summed E-state index contributed by atoms with van der Waals surface area (Å²) in [5, 5.41) is 19.8. The number of amides is 1. The van der Waals surface area contributed by atoms with Crippen LogP contribution in [-0.4, -0.2) is 28.6 Å². The van der Waals surface area contributed by atoms with Crippen molar-refractivity contribution in [3.8, 4) is 5.75 Å². The van der Waals surface area contributed by atoms with E-state index in [4.69, 9.17) is 5.11 Å². The molecule has 5 heteroatoms. The van der Waals surface area contributed by atoms with Crippen LogP contribution in [0, 0.1) is 6.92 Å². The molecule has 0 radical (unpaired) electrons. The van der Waals surface area contributed by atoms with Gasteiger partial charge in [-0.25, -0.2) is 0 Å².